The van der Waals surface area contributed by atoms with Crippen molar-refractivity contribution in [3.8, 4) is 0 Å². The Bertz CT molecular complexity index is 643. The minimum absolute atomic E-state index is 0.0926. The van der Waals surface area contributed by atoms with Gasteiger partial charge in [0.05, 0.1) is 11.6 Å². The van der Waals surface area contributed by atoms with Crippen molar-refractivity contribution < 1.29 is 14.7 Å². The van der Waals surface area contributed by atoms with Crippen LogP contribution >= 0.6 is 0 Å². The summed E-state index contributed by atoms with van der Waals surface area (Å²) in [4.78, 5) is 23.9. The van der Waals surface area contributed by atoms with E-state index in [9.17, 15) is 14.7 Å². The van der Waals surface area contributed by atoms with Crippen LogP contribution in [0.15, 0.2) is 42.5 Å². The van der Waals surface area contributed by atoms with Gasteiger partial charge in [-0.1, -0.05) is 43.7 Å². The molecule has 0 aliphatic heterocycles. The second kappa shape index (κ2) is 6.39. The highest BCUT2D eigenvalue weighted by Crippen LogP contribution is 2.24. The van der Waals surface area contributed by atoms with E-state index in [0.29, 0.717) is 23.4 Å². The van der Waals surface area contributed by atoms with Gasteiger partial charge in [-0.25, -0.2) is 0 Å². The molecule has 0 aliphatic rings. The minimum Gasteiger partial charge on any atom is -0.481 e. The maximum Gasteiger partial charge on any atom is 0.312 e. The van der Waals surface area contributed by atoms with Crippen LogP contribution in [0.3, 0.4) is 0 Å². The molecule has 1 heterocycles. The first-order valence-electron chi connectivity index (χ1n) is 7.04. The van der Waals surface area contributed by atoms with Gasteiger partial charge in [-0.15, -0.1) is 0 Å². The highest BCUT2D eigenvalue weighted by Gasteiger charge is 2.24. The van der Waals surface area contributed by atoms with Crippen molar-refractivity contribution in [3.05, 3.63) is 59.4 Å². The molecule has 0 saturated carbocycles. The number of hydrogen-bond donors (Lipinski definition) is 1. The Morgan fingerprint density at radius 1 is 1.14 bits per heavy atom. The molecule has 1 aromatic heterocycles. The third-order valence-corrected chi connectivity index (χ3v) is 3.66. The van der Waals surface area contributed by atoms with Crippen molar-refractivity contribution in [1.29, 1.82) is 0 Å². The summed E-state index contributed by atoms with van der Waals surface area (Å²) in [5.74, 6) is -1.51. The number of carbonyl (C=O) groups is 2. The third-order valence-electron chi connectivity index (χ3n) is 3.66. The maximum absolute atomic E-state index is 12.5. The number of ketones is 1. The van der Waals surface area contributed by atoms with Crippen LogP contribution in [0.5, 0.6) is 0 Å². The fraction of sp³-hybridized carbons (Fsp3) is 0.294. The zero-order valence-electron chi connectivity index (χ0n) is 12.2. The molecular formula is C17H19NO3. The lowest BCUT2D eigenvalue weighted by Crippen LogP contribution is -2.17. The van der Waals surface area contributed by atoms with Gasteiger partial charge in [0.1, 0.15) is 0 Å². The molecule has 1 unspecified atom stereocenters. The van der Waals surface area contributed by atoms with Crippen molar-refractivity contribution in [1.82, 2.24) is 4.57 Å². The SMILES string of the molecule is CCCC(C(=O)O)c1ccc(C(=O)c2ccccc2)n1C. The van der Waals surface area contributed by atoms with Gasteiger partial charge in [-0.2, -0.15) is 0 Å². The summed E-state index contributed by atoms with van der Waals surface area (Å²) < 4.78 is 1.70. The monoisotopic (exact) mass is 285 g/mol. The van der Waals surface area contributed by atoms with E-state index >= 15 is 0 Å². The second-order valence-corrected chi connectivity index (χ2v) is 5.08. The van der Waals surface area contributed by atoms with Gasteiger partial charge >= 0.3 is 5.97 Å². The van der Waals surface area contributed by atoms with Gasteiger partial charge in [0.25, 0.3) is 0 Å². The molecular weight excluding hydrogens is 266 g/mol. The van der Waals surface area contributed by atoms with E-state index in [1.54, 1.807) is 35.9 Å². The van der Waals surface area contributed by atoms with Crippen LogP contribution < -0.4 is 0 Å². The number of hydrogen-bond acceptors (Lipinski definition) is 2. The molecule has 2 aromatic rings. The molecule has 4 heteroatoms. The Morgan fingerprint density at radius 3 is 2.38 bits per heavy atom. The summed E-state index contributed by atoms with van der Waals surface area (Å²) >= 11 is 0. The molecule has 0 saturated heterocycles. The number of carboxylic acid groups (broad SMARTS) is 1. The lowest BCUT2D eigenvalue weighted by Gasteiger charge is -2.14. The lowest BCUT2D eigenvalue weighted by molar-refractivity contribution is -0.139. The van der Waals surface area contributed by atoms with Crippen molar-refractivity contribution in [2.24, 2.45) is 7.05 Å². The molecule has 1 N–H and O–H groups in total. The number of nitrogens with zero attached hydrogens (tertiary/aromatic N) is 1. The van der Waals surface area contributed by atoms with Gasteiger partial charge in [-0.05, 0) is 18.6 Å². The van der Waals surface area contributed by atoms with Gasteiger partial charge in [0.15, 0.2) is 0 Å². The first-order valence-corrected chi connectivity index (χ1v) is 7.04. The van der Waals surface area contributed by atoms with E-state index in [1.165, 1.54) is 0 Å². The first-order chi connectivity index (χ1) is 10.1. The summed E-state index contributed by atoms with van der Waals surface area (Å²) in [6, 6.07) is 12.4. The molecule has 21 heavy (non-hydrogen) atoms. The van der Waals surface area contributed by atoms with Crippen LogP contribution in [-0.2, 0) is 11.8 Å². The number of carboxylic acids is 1. The number of aliphatic carboxylic acids is 1. The van der Waals surface area contributed by atoms with E-state index in [-0.39, 0.29) is 5.78 Å². The molecule has 0 radical (unpaired) electrons. The quantitative estimate of drug-likeness (QED) is 0.829. The summed E-state index contributed by atoms with van der Waals surface area (Å²) in [5, 5.41) is 9.35. The summed E-state index contributed by atoms with van der Waals surface area (Å²) in [6.07, 6.45) is 1.34. The normalized spacial score (nSPS) is 12.1. The van der Waals surface area contributed by atoms with Gasteiger partial charge < -0.3 is 9.67 Å². The Balaban J connectivity index is 2.36. The van der Waals surface area contributed by atoms with Crippen molar-refractivity contribution in [2.45, 2.75) is 25.7 Å². The number of rotatable bonds is 6. The fourth-order valence-corrected chi connectivity index (χ4v) is 2.53. The molecule has 1 atom stereocenters. The molecule has 4 nitrogen and oxygen atoms in total. The average molecular weight is 285 g/mol. The van der Waals surface area contributed by atoms with Crippen LogP contribution in [0.25, 0.3) is 0 Å². The standard InChI is InChI=1S/C17H19NO3/c1-3-7-13(17(20)21)14-10-11-15(18(14)2)16(19)12-8-5-4-6-9-12/h4-6,8-11,13H,3,7H2,1-2H3,(H,20,21). The summed E-state index contributed by atoms with van der Waals surface area (Å²) in [6.45, 7) is 1.95. The van der Waals surface area contributed by atoms with Crippen LogP contribution in [0.4, 0.5) is 0 Å². The fourth-order valence-electron chi connectivity index (χ4n) is 2.53. The molecule has 0 spiro atoms. The Hall–Kier alpha value is -2.36. The molecule has 0 amide bonds. The van der Waals surface area contributed by atoms with Crippen LogP contribution in [0.1, 0.15) is 47.4 Å². The molecule has 0 aliphatic carbocycles. The summed E-state index contributed by atoms with van der Waals surface area (Å²) in [5.41, 5.74) is 1.79. The van der Waals surface area contributed by atoms with Crippen molar-refractivity contribution in [3.63, 3.8) is 0 Å². The predicted octanol–water partition coefficient (Wildman–Crippen LogP) is 3.22. The van der Waals surface area contributed by atoms with Crippen LogP contribution in [0, 0.1) is 0 Å². The topological polar surface area (TPSA) is 59.3 Å². The van der Waals surface area contributed by atoms with E-state index < -0.39 is 11.9 Å². The van der Waals surface area contributed by atoms with Crippen LogP contribution in [-0.4, -0.2) is 21.4 Å². The zero-order chi connectivity index (χ0) is 15.4. The third kappa shape index (κ3) is 3.05. The van der Waals surface area contributed by atoms with E-state index in [1.807, 2.05) is 25.1 Å². The smallest absolute Gasteiger partial charge is 0.312 e. The number of aromatic nitrogens is 1. The van der Waals surface area contributed by atoms with E-state index in [2.05, 4.69) is 0 Å². The average Bonchev–Trinajstić information content (AvgIpc) is 2.86. The van der Waals surface area contributed by atoms with E-state index in [4.69, 9.17) is 0 Å². The largest absolute Gasteiger partial charge is 0.481 e. The molecule has 1 aromatic carbocycles. The number of benzene rings is 1. The second-order valence-electron chi connectivity index (χ2n) is 5.08. The molecule has 0 bridgehead atoms. The van der Waals surface area contributed by atoms with Crippen LogP contribution in [0.2, 0.25) is 0 Å². The minimum atomic E-state index is -0.850. The van der Waals surface area contributed by atoms with Gasteiger partial charge in [-0.3, -0.25) is 9.59 Å². The maximum atomic E-state index is 12.5. The van der Waals surface area contributed by atoms with Gasteiger partial charge in [0.2, 0.25) is 5.78 Å². The highest BCUT2D eigenvalue weighted by atomic mass is 16.4. The Labute approximate surface area is 124 Å². The Kier molecular flexibility index (Phi) is 4.58. The zero-order valence-corrected chi connectivity index (χ0v) is 12.2. The summed E-state index contributed by atoms with van der Waals surface area (Å²) in [7, 11) is 1.75. The van der Waals surface area contributed by atoms with Gasteiger partial charge in [0, 0.05) is 18.3 Å². The Morgan fingerprint density at radius 2 is 1.81 bits per heavy atom. The molecule has 110 valence electrons. The van der Waals surface area contributed by atoms with Crippen molar-refractivity contribution >= 4 is 11.8 Å². The number of carbonyl (C=O) groups excluding carboxylic acids is 1. The highest BCUT2D eigenvalue weighted by molar-refractivity contribution is 6.08. The lowest BCUT2D eigenvalue weighted by atomic mass is 10.0. The van der Waals surface area contributed by atoms with E-state index in [0.717, 1.165) is 6.42 Å². The predicted molar refractivity (Wildman–Crippen MR) is 80.6 cm³/mol. The molecule has 2 rings (SSSR count). The first kappa shape index (κ1) is 15.0. The molecule has 0 fully saturated rings. The van der Waals surface area contributed by atoms with Crippen molar-refractivity contribution in [2.75, 3.05) is 0 Å².